The van der Waals surface area contributed by atoms with Gasteiger partial charge in [-0.2, -0.15) is 5.48 Å². The fraction of sp³-hybridized carbons (Fsp3) is 1.00. The van der Waals surface area contributed by atoms with Gasteiger partial charge in [-0.3, -0.25) is 20.2 Å². The van der Waals surface area contributed by atoms with Gasteiger partial charge in [0, 0.05) is 35.7 Å². The average molecular weight is 237 g/mol. The first kappa shape index (κ1) is 14.7. The highest BCUT2D eigenvalue weighted by Crippen LogP contribution is 2.09. The molecule has 0 saturated carbocycles. The molecule has 0 aliphatic carbocycles. The van der Waals surface area contributed by atoms with Crippen LogP contribution in [0, 0.1) is 20.2 Å². The summed E-state index contributed by atoms with van der Waals surface area (Å²) >= 11 is 0. The summed E-state index contributed by atoms with van der Waals surface area (Å²) in [5.41, 5.74) is 1.67. The largest absolute Gasteiger partial charge is 0.396 e. The minimum atomic E-state index is -1.06. The third-order valence-electron chi connectivity index (χ3n) is 2.22. The molecule has 94 valence electrons. The average Bonchev–Trinajstić information content (AvgIpc) is 2.21. The quantitative estimate of drug-likeness (QED) is 0.360. The number of nitrogens with zero attached hydrogens (tertiary/aromatic N) is 2. The van der Waals surface area contributed by atoms with Crippen LogP contribution in [0.4, 0.5) is 0 Å². The number of hydrogen-bond acceptors (Lipinski definition) is 7. The second kappa shape index (κ2) is 7.91. The molecule has 2 atom stereocenters. The molecule has 0 fully saturated rings. The van der Waals surface area contributed by atoms with Crippen molar-refractivity contribution in [3.05, 3.63) is 20.2 Å². The molecule has 16 heavy (non-hydrogen) atoms. The summed E-state index contributed by atoms with van der Waals surface area (Å²) in [6.45, 7) is -0.580. The molecule has 0 aromatic rings. The number of aliphatic hydroxyl groups is 1. The van der Waals surface area contributed by atoms with Gasteiger partial charge >= 0.3 is 0 Å². The SMILES string of the molecule is O=[N+]([O-])C(CCO)CCC(CNO)[N+](=O)[O-]. The van der Waals surface area contributed by atoms with Crippen LogP contribution in [0.1, 0.15) is 19.3 Å². The fourth-order valence-electron chi connectivity index (χ4n) is 1.28. The van der Waals surface area contributed by atoms with E-state index < -0.39 is 21.9 Å². The highest BCUT2D eigenvalue weighted by molar-refractivity contribution is 4.63. The van der Waals surface area contributed by atoms with Crippen LogP contribution in [-0.2, 0) is 0 Å². The number of hydrogen-bond donors (Lipinski definition) is 3. The maximum Gasteiger partial charge on any atom is 0.227 e. The van der Waals surface area contributed by atoms with E-state index >= 15 is 0 Å². The van der Waals surface area contributed by atoms with Gasteiger partial charge in [0.15, 0.2) is 0 Å². The summed E-state index contributed by atoms with van der Waals surface area (Å²) in [6.07, 6.45) is -0.0446. The maximum atomic E-state index is 10.5. The van der Waals surface area contributed by atoms with Crippen molar-refractivity contribution < 1.29 is 20.2 Å². The Bertz CT molecular complexity index is 212. The molecule has 0 saturated heterocycles. The third kappa shape index (κ3) is 5.53. The van der Waals surface area contributed by atoms with E-state index in [0.717, 1.165) is 0 Å². The molecule has 0 aliphatic rings. The van der Waals surface area contributed by atoms with Crippen molar-refractivity contribution >= 4 is 0 Å². The van der Waals surface area contributed by atoms with Crippen molar-refractivity contribution in [1.29, 1.82) is 0 Å². The fourth-order valence-corrected chi connectivity index (χ4v) is 1.28. The smallest absolute Gasteiger partial charge is 0.227 e. The molecule has 0 radical (unpaired) electrons. The molecule has 9 nitrogen and oxygen atoms in total. The Morgan fingerprint density at radius 2 is 1.56 bits per heavy atom. The van der Waals surface area contributed by atoms with Crippen LogP contribution < -0.4 is 5.48 Å². The van der Waals surface area contributed by atoms with Crippen molar-refractivity contribution in [3.8, 4) is 0 Å². The maximum absolute atomic E-state index is 10.5. The van der Waals surface area contributed by atoms with Crippen LogP contribution in [0.25, 0.3) is 0 Å². The van der Waals surface area contributed by atoms with Crippen LogP contribution in [0.3, 0.4) is 0 Å². The Labute approximate surface area is 91.3 Å². The van der Waals surface area contributed by atoms with Crippen molar-refractivity contribution in [2.45, 2.75) is 31.3 Å². The zero-order valence-corrected chi connectivity index (χ0v) is 8.61. The van der Waals surface area contributed by atoms with Crippen LogP contribution in [0.15, 0.2) is 0 Å². The standard InChI is InChI=1S/C7H15N3O6/c11-4-3-6(9(13)14)1-2-7(5-8-12)10(15)16/h6-8,11-12H,1-5H2. The van der Waals surface area contributed by atoms with Gasteiger partial charge in [0.25, 0.3) is 0 Å². The second-order valence-corrected chi connectivity index (χ2v) is 3.33. The lowest BCUT2D eigenvalue weighted by Crippen LogP contribution is -2.33. The molecule has 2 unspecified atom stereocenters. The van der Waals surface area contributed by atoms with Crippen molar-refractivity contribution in [2.24, 2.45) is 0 Å². The summed E-state index contributed by atoms with van der Waals surface area (Å²) in [4.78, 5) is 19.8. The zero-order valence-electron chi connectivity index (χ0n) is 8.61. The van der Waals surface area contributed by atoms with Gasteiger partial charge in [-0.25, -0.2) is 0 Å². The van der Waals surface area contributed by atoms with Gasteiger partial charge in [-0.15, -0.1) is 0 Å². The normalized spacial score (nSPS) is 14.4. The minimum absolute atomic E-state index is 0.000880. The molecule has 0 heterocycles. The van der Waals surface area contributed by atoms with Crippen molar-refractivity contribution in [1.82, 2.24) is 5.48 Å². The Kier molecular flexibility index (Phi) is 7.25. The first-order valence-electron chi connectivity index (χ1n) is 4.77. The molecule has 0 aromatic carbocycles. The summed E-state index contributed by atoms with van der Waals surface area (Å²) in [6, 6.07) is -2.04. The lowest BCUT2D eigenvalue weighted by Gasteiger charge is -2.10. The van der Waals surface area contributed by atoms with Gasteiger partial charge in [-0.05, 0) is 0 Å². The van der Waals surface area contributed by atoms with E-state index in [1.165, 1.54) is 0 Å². The highest BCUT2D eigenvalue weighted by Gasteiger charge is 2.26. The van der Waals surface area contributed by atoms with Crippen LogP contribution >= 0.6 is 0 Å². The van der Waals surface area contributed by atoms with Gasteiger partial charge in [-0.1, -0.05) is 0 Å². The van der Waals surface area contributed by atoms with E-state index in [9.17, 15) is 20.2 Å². The number of rotatable bonds is 9. The first-order chi connectivity index (χ1) is 7.52. The van der Waals surface area contributed by atoms with E-state index in [4.69, 9.17) is 10.3 Å². The van der Waals surface area contributed by atoms with Crippen LogP contribution in [-0.4, -0.2) is 45.4 Å². The van der Waals surface area contributed by atoms with Gasteiger partial charge in [0.2, 0.25) is 12.1 Å². The number of nitro groups is 2. The molecule has 0 spiro atoms. The van der Waals surface area contributed by atoms with E-state index in [1.807, 2.05) is 0 Å². The topological polar surface area (TPSA) is 139 Å². The van der Waals surface area contributed by atoms with Crippen LogP contribution in [0.2, 0.25) is 0 Å². The van der Waals surface area contributed by atoms with Crippen molar-refractivity contribution in [2.75, 3.05) is 13.2 Å². The van der Waals surface area contributed by atoms with Crippen molar-refractivity contribution in [3.63, 3.8) is 0 Å². The number of hydroxylamine groups is 1. The monoisotopic (exact) mass is 237 g/mol. The lowest BCUT2D eigenvalue weighted by molar-refractivity contribution is -0.538. The van der Waals surface area contributed by atoms with E-state index in [2.05, 4.69) is 0 Å². The molecule has 0 aromatic heterocycles. The zero-order chi connectivity index (χ0) is 12.6. The predicted molar refractivity (Wildman–Crippen MR) is 52.3 cm³/mol. The summed E-state index contributed by atoms with van der Waals surface area (Å²) in [7, 11) is 0. The molecule has 0 rings (SSSR count). The molecular weight excluding hydrogens is 222 g/mol. The Hall–Kier alpha value is -1.32. The summed E-state index contributed by atoms with van der Waals surface area (Å²) in [5.74, 6) is 0. The molecular formula is C7H15N3O6. The van der Waals surface area contributed by atoms with Crippen LogP contribution in [0.5, 0.6) is 0 Å². The second-order valence-electron chi connectivity index (χ2n) is 3.33. The Balaban J connectivity index is 4.14. The molecule has 9 heteroatoms. The van der Waals surface area contributed by atoms with Gasteiger partial charge in [0.1, 0.15) is 0 Å². The van der Waals surface area contributed by atoms with E-state index in [0.29, 0.717) is 0 Å². The van der Waals surface area contributed by atoms with E-state index in [1.54, 1.807) is 5.48 Å². The van der Waals surface area contributed by atoms with Gasteiger partial charge in [0.05, 0.1) is 6.54 Å². The summed E-state index contributed by atoms with van der Waals surface area (Å²) < 4.78 is 0. The Morgan fingerprint density at radius 3 is 1.94 bits per heavy atom. The van der Waals surface area contributed by atoms with E-state index in [-0.39, 0.29) is 32.4 Å². The predicted octanol–water partition coefficient (Wildman–Crippen LogP) is -0.582. The Morgan fingerprint density at radius 1 is 1.06 bits per heavy atom. The lowest BCUT2D eigenvalue weighted by atomic mass is 10.0. The molecule has 0 aliphatic heterocycles. The minimum Gasteiger partial charge on any atom is -0.396 e. The third-order valence-corrected chi connectivity index (χ3v) is 2.22. The molecule has 0 bridgehead atoms. The first-order valence-corrected chi connectivity index (χ1v) is 4.77. The number of aliphatic hydroxyl groups excluding tert-OH is 1. The molecule has 0 amide bonds. The van der Waals surface area contributed by atoms with Gasteiger partial charge < -0.3 is 10.3 Å². The summed E-state index contributed by atoms with van der Waals surface area (Å²) in [5, 5.41) is 37.9. The number of nitrogens with one attached hydrogen (secondary N) is 1. The highest BCUT2D eigenvalue weighted by atomic mass is 16.6. The molecule has 3 N–H and O–H groups in total.